The van der Waals surface area contributed by atoms with E-state index < -0.39 is 20.5 Å². The number of nitrogens with one attached hydrogen (secondary N) is 1. The third-order valence-corrected chi connectivity index (χ3v) is 7.71. The average Bonchev–Trinajstić information content (AvgIpc) is 2.13. The fourth-order valence-corrected chi connectivity index (χ4v) is 2.06. The van der Waals surface area contributed by atoms with E-state index in [1.54, 1.807) is 0 Å². The van der Waals surface area contributed by atoms with Crippen LogP contribution in [-0.2, 0) is 4.43 Å². The topological polar surface area (TPSA) is 58.6 Å². The SMILES string of the molecule is C#CC(CCO[Si](C)(C)C(C)(C)C)NC(=O)O. The molecule has 0 saturated carbocycles. The van der Waals surface area contributed by atoms with Crippen LogP contribution in [0.2, 0.25) is 18.1 Å². The molecule has 0 fully saturated rings. The van der Waals surface area contributed by atoms with Gasteiger partial charge in [-0.1, -0.05) is 26.7 Å². The zero-order chi connectivity index (χ0) is 13.7. The Morgan fingerprint density at radius 3 is 2.41 bits per heavy atom. The maximum atomic E-state index is 10.4. The van der Waals surface area contributed by atoms with Gasteiger partial charge in [0.1, 0.15) is 0 Å². The first-order valence-corrected chi connectivity index (χ1v) is 8.60. The van der Waals surface area contributed by atoms with Crippen molar-refractivity contribution in [1.29, 1.82) is 0 Å². The molecule has 0 bridgehead atoms. The van der Waals surface area contributed by atoms with E-state index in [9.17, 15) is 4.79 Å². The van der Waals surface area contributed by atoms with E-state index in [-0.39, 0.29) is 5.04 Å². The van der Waals surface area contributed by atoms with Crippen LogP contribution in [-0.4, -0.2) is 32.2 Å². The lowest BCUT2D eigenvalue weighted by molar-refractivity contribution is 0.189. The first-order chi connectivity index (χ1) is 7.60. The molecule has 17 heavy (non-hydrogen) atoms. The van der Waals surface area contributed by atoms with Crippen molar-refractivity contribution in [3.05, 3.63) is 0 Å². The molecule has 0 aliphatic rings. The van der Waals surface area contributed by atoms with Gasteiger partial charge >= 0.3 is 6.09 Å². The summed E-state index contributed by atoms with van der Waals surface area (Å²) >= 11 is 0. The first-order valence-electron chi connectivity index (χ1n) is 5.69. The van der Waals surface area contributed by atoms with Crippen LogP contribution >= 0.6 is 0 Å². The summed E-state index contributed by atoms with van der Waals surface area (Å²) in [5.74, 6) is 2.40. The van der Waals surface area contributed by atoms with Crippen LogP contribution in [0.1, 0.15) is 27.2 Å². The second-order valence-corrected chi connectivity index (χ2v) is 10.4. The molecule has 0 saturated heterocycles. The summed E-state index contributed by atoms with van der Waals surface area (Å²) < 4.78 is 5.92. The molecule has 0 aromatic carbocycles. The standard InChI is InChI=1S/C12H23NO3Si/c1-7-10(13-11(14)15)8-9-16-17(5,6)12(2,3)4/h1,10,13H,8-9H2,2-6H3,(H,14,15). The van der Waals surface area contributed by atoms with Crippen molar-refractivity contribution < 1.29 is 14.3 Å². The highest BCUT2D eigenvalue weighted by Crippen LogP contribution is 2.36. The Morgan fingerprint density at radius 2 is 2.06 bits per heavy atom. The number of carbonyl (C=O) groups is 1. The summed E-state index contributed by atoms with van der Waals surface area (Å²) in [6.45, 7) is 11.3. The largest absolute Gasteiger partial charge is 0.465 e. The zero-order valence-corrected chi connectivity index (χ0v) is 12.3. The molecule has 0 aromatic heterocycles. The minimum atomic E-state index is -1.77. The van der Waals surface area contributed by atoms with Crippen LogP contribution in [0.15, 0.2) is 0 Å². The van der Waals surface area contributed by atoms with Gasteiger partial charge in [0.2, 0.25) is 0 Å². The molecular weight excluding hydrogens is 234 g/mol. The predicted octanol–water partition coefficient (Wildman–Crippen LogP) is 2.67. The molecule has 0 radical (unpaired) electrons. The Labute approximate surface area is 105 Å². The predicted molar refractivity (Wildman–Crippen MR) is 71.5 cm³/mol. The second kappa shape index (κ2) is 6.08. The molecule has 0 spiro atoms. The summed E-state index contributed by atoms with van der Waals surface area (Å²) in [5, 5.41) is 11.0. The molecule has 4 nitrogen and oxygen atoms in total. The fourth-order valence-electron chi connectivity index (χ4n) is 0.995. The van der Waals surface area contributed by atoms with Gasteiger partial charge in [-0.3, -0.25) is 0 Å². The Balaban J connectivity index is 4.15. The van der Waals surface area contributed by atoms with E-state index >= 15 is 0 Å². The van der Waals surface area contributed by atoms with Gasteiger partial charge in [0.25, 0.3) is 0 Å². The van der Waals surface area contributed by atoms with Crippen molar-refractivity contribution in [2.45, 2.75) is 51.4 Å². The Hall–Kier alpha value is -0.993. The maximum absolute atomic E-state index is 10.4. The van der Waals surface area contributed by atoms with Crippen LogP contribution in [0.4, 0.5) is 4.79 Å². The molecule has 5 heteroatoms. The number of carboxylic acid groups (broad SMARTS) is 1. The van der Waals surface area contributed by atoms with Crippen molar-refractivity contribution >= 4 is 14.4 Å². The van der Waals surface area contributed by atoms with E-state index in [1.165, 1.54) is 0 Å². The summed E-state index contributed by atoms with van der Waals surface area (Å²) in [6, 6.07) is -0.475. The number of hydrogen-bond donors (Lipinski definition) is 2. The lowest BCUT2D eigenvalue weighted by Crippen LogP contribution is -2.42. The minimum absolute atomic E-state index is 0.152. The zero-order valence-electron chi connectivity index (χ0n) is 11.3. The highest BCUT2D eigenvalue weighted by molar-refractivity contribution is 6.74. The smallest absolute Gasteiger partial charge is 0.405 e. The highest BCUT2D eigenvalue weighted by atomic mass is 28.4. The lowest BCUT2D eigenvalue weighted by atomic mass is 10.2. The molecule has 98 valence electrons. The summed E-state index contributed by atoms with van der Waals surface area (Å²) in [7, 11) is -1.77. The van der Waals surface area contributed by atoms with Crippen molar-refractivity contribution in [3.8, 4) is 12.3 Å². The van der Waals surface area contributed by atoms with Gasteiger partial charge in [0.15, 0.2) is 8.32 Å². The molecule has 0 heterocycles. The van der Waals surface area contributed by atoms with Gasteiger partial charge in [-0.25, -0.2) is 4.79 Å². The molecule has 0 aliphatic carbocycles. The van der Waals surface area contributed by atoms with Crippen molar-refractivity contribution in [1.82, 2.24) is 5.32 Å². The highest BCUT2D eigenvalue weighted by Gasteiger charge is 2.36. The van der Waals surface area contributed by atoms with E-state index in [0.29, 0.717) is 13.0 Å². The van der Waals surface area contributed by atoms with E-state index in [2.05, 4.69) is 45.1 Å². The summed E-state index contributed by atoms with van der Waals surface area (Å²) in [6.07, 6.45) is 4.65. The van der Waals surface area contributed by atoms with Crippen LogP contribution in [0, 0.1) is 12.3 Å². The molecular formula is C12H23NO3Si. The third-order valence-electron chi connectivity index (χ3n) is 3.17. The minimum Gasteiger partial charge on any atom is -0.465 e. The molecule has 2 N–H and O–H groups in total. The fraction of sp³-hybridized carbons (Fsp3) is 0.750. The van der Waals surface area contributed by atoms with Gasteiger partial charge < -0.3 is 14.8 Å². The molecule has 0 rings (SSSR count). The first kappa shape index (κ1) is 16.0. The Bertz CT molecular complexity index is 302. The van der Waals surface area contributed by atoms with Crippen molar-refractivity contribution in [2.24, 2.45) is 0 Å². The van der Waals surface area contributed by atoms with E-state index in [4.69, 9.17) is 16.0 Å². The average molecular weight is 257 g/mol. The normalized spacial score (nSPS) is 13.9. The van der Waals surface area contributed by atoms with Gasteiger partial charge in [0.05, 0.1) is 6.04 Å². The number of terminal acetylenes is 1. The molecule has 1 unspecified atom stereocenters. The third kappa shape index (κ3) is 5.75. The van der Waals surface area contributed by atoms with E-state index in [1.807, 2.05) is 0 Å². The summed E-state index contributed by atoms with van der Waals surface area (Å²) in [5.41, 5.74) is 0. The van der Waals surface area contributed by atoms with E-state index in [0.717, 1.165) is 0 Å². The molecule has 0 aromatic rings. The van der Waals surface area contributed by atoms with Crippen LogP contribution in [0.25, 0.3) is 0 Å². The van der Waals surface area contributed by atoms with Gasteiger partial charge in [-0.05, 0) is 18.1 Å². The monoisotopic (exact) mass is 257 g/mol. The second-order valence-electron chi connectivity index (χ2n) is 5.57. The lowest BCUT2D eigenvalue weighted by Gasteiger charge is -2.36. The summed E-state index contributed by atoms with van der Waals surface area (Å²) in [4.78, 5) is 10.4. The van der Waals surface area contributed by atoms with Crippen LogP contribution in [0.5, 0.6) is 0 Å². The van der Waals surface area contributed by atoms with Crippen molar-refractivity contribution in [2.75, 3.05) is 6.61 Å². The Kier molecular flexibility index (Phi) is 5.72. The van der Waals surface area contributed by atoms with Gasteiger partial charge in [-0.15, -0.1) is 6.42 Å². The van der Waals surface area contributed by atoms with Crippen LogP contribution < -0.4 is 5.32 Å². The van der Waals surface area contributed by atoms with Gasteiger partial charge in [-0.2, -0.15) is 0 Å². The Morgan fingerprint density at radius 1 is 1.53 bits per heavy atom. The number of rotatable bonds is 5. The van der Waals surface area contributed by atoms with Crippen LogP contribution in [0.3, 0.4) is 0 Å². The number of hydrogen-bond acceptors (Lipinski definition) is 2. The number of amides is 1. The van der Waals surface area contributed by atoms with Gasteiger partial charge in [0, 0.05) is 13.0 Å². The molecule has 1 amide bonds. The molecule has 0 aliphatic heterocycles. The van der Waals surface area contributed by atoms with Crippen molar-refractivity contribution in [3.63, 3.8) is 0 Å². The molecule has 1 atom stereocenters. The maximum Gasteiger partial charge on any atom is 0.405 e. The quantitative estimate of drug-likeness (QED) is 0.588.